The minimum atomic E-state index is 0.0594. The fourth-order valence-electron chi connectivity index (χ4n) is 1.56. The number of aromatic hydroxyl groups is 1. The van der Waals surface area contributed by atoms with Crippen molar-refractivity contribution in [2.75, 3.05) is 13.9 Å². The van der Waals surface area contributed by atoms with Gasteiger partial charge in [-0.2, -0.15) is 0 Å². The lowest BCUT2D eigenvalue weighted by atomic mass is 10.2. The van der Waals surface area contributed by atoms with Crippen molar-refractivity contribution in [3.05, 3.63) is 54.1 Å². The number of phenols is 1. The molecule has 0 heterocycles. The SMILES string of the molecule is COCOc1cc(OCc2ccccc2)ccc1O. The summed E-state index contributed by atoms with van der Waals surface area (Å²) in [7, 11) is 1.52. The van der Waals surface area contributed by atoms with Gasteiger partial charge >= 0.3 is 0 Å². The van der Waals surface area contributed by atoms with Gasteiger partial charge in [-0.25, -0.2) is 0 Å². The molecule has 0 aliphatic heterocycles. The highest BCUT2D eigenvalue weighted by Gasteiger charge is 2.05. The molecule has 0 aromatic heterocycles. The molecule has 2 aromatic rings. The molecule has 0 fully saturated rings. The third kappa shape index (κ3) is 3.89. The van der Waals surface area contributed by atoms with Gasteiger partial charge in [-0.3, -0.25) is 0 Å². The number of benzene rings is 2. The van der Waals surface area contributed by atoms with Crippen molar-refractivity contribution < 1.29 is 19.3 Å². The van der Waals surface area contributed by atoms with Gasteiger partial charge in [0.2, 0.25) is 0 Å². The van der Waals surface area contributed by atoms with E-state index in [0.29, 0.717) is 18.1 Å². The Balaban J connectivity index is 2.00. The van der Waals surface area contributed by atoms with E-state index < -0.39 is 0 Å². The molecule has 0 atom stereocenters. The lowest BCUT2D eigenvalue weighted by Crippen LogP contribution is -2.00. The highest BCUT2D eigenvalue weighted by molar-refractivity contribution is 5.44. The molecule has 0 saturated heterocycles. The molecule has 0 saturated carbocycles. The summed E-state index contributed by atoms with van der Waals surface area (Å²) in [4.78, 5) is 0. The van der Waals surface area contributed by atoms with E-state index in [-0.39, 0.29) is 12.5 Å². The van der Waals surface area contributed by atoms with Crippen molar-refractivity contribution in [2.24, 2.45) is 0 Å². The molecule has 19 heavy (non-hydrogen) atoms. The molecule has 4 nitrogen and oxygen atoms in total. The van der Waals surface area contributed by atoms with Gasteiger partial charge in [0, 0.05) is 13.2 Å². The smallest absolute Gasteiger partial charge is 0.188 e. The third-order valence-corrected chi connectivity index (χ3v) is 2.51. The Morgan fingerprint density at radius 3 is 2.53 bits per heavy atom. The Kier molecular flexibility index (Phi) is 4.64. The Morgan fingerprint density at radius 1 is 1.00 bits per heavy atom. The minimum Gasteiger partial charge on any atom is -0.504 e. The van der Waals surface area contributed by atoms with Crippen molar-refractivity contribution in [1.82, 2.24) is 0 Å². The summed E-state index contributed by atoms with van der Waals surface area (Å²) in [6, 6.07) is 14.7. The Labute approximate surface area is 112 Å². The zero-order valence-corrected chi connectivity index (χ0v) is 10.7. The molecule has 0 amide bonds. The van der Waals surface area contributed by atoms with Gasteiger partial charge in [-0.1, -0.05) is 30.3 Å². The molecule has 0 aliphatic rings. The van der Waals surface area contributed by atoms with Crippen LogP contribution in [-0.2, 0) is 11.3 Å². The van der Waals surface area contributed by atoms with Crippen molar-refractivity contribution in [3.8, 4) is 17.2 Å². The number of methoxy groups -OCH3 is 1. The number of phenolic OH excluding ortho intramolecular Hbond substituents is 1. The highest BCUT2D eigenvalue weighted by Crippen LogP contribution is 2.30. The first kappa shape index (κ1) is 13.2. The second kappa shape index (κ2) is 6.66. The van der Waals surface area contributed by atoms with E-state index in [2.05, 4.69) is 0 Å². The monoisotopic (exact) mass is 260 g/mol. The van der Waals surface area contributed by atoms with E-state index in [1.54, 1.807) is 12.1 Å². The van der Waals surface area contributed by atoms with E-state index in [0.717, 1.165) is 5.56 Å². The van der Waals surface area contributed by atoms with Gasteiger partial charge < -0.3 is 19.3 Å². The third-order valence-electron chi connectivity index (χ3n) is 2.51. The van der Waals surface area contributed by atoms with Gasteiger partial charge in [-0.05, 0) is 17.7 Å². The largest absolute Gasteiger partial charge is 0.504 e. The molecular weight excluding hydrogens is 244 g/mol. The molecular formula is C15H16O4. The van der Waals surface area contributed by atoms with E-state index in [1.165, 1.54) is 13.2 Å². The first-order valence-electron chi connectivity index (χ1n) is 5.91. The minimum absolute atomic E-state index is 0.0594. The van der Waals surface area contributed by atoms with E-state index in [9.17, 15) is 5.11 Å². The standard InChI is InChI=1S/C15H16O4/c1-17-11-19-15-9-13(7-8-14(15)16)18-10-12-5-3-2-4-6-12/h2-9,16H,10-11H2,1H3. The van der Waals surface area contributed by atoms with Crippen LogP contribution >= 0.6 is 0 Å². The number of rotatable bonds is 6. The summed E-state index contributed by atoms with van der Waals surface area (Å²) < 4.78 is 15.7. The maximum Gasteiger partial charge on any atom is 0.188 e. The van der Waals surface area contributed by atoms with Crippen molar-refractivity contribution in [2.45, 2.75) is 6.61 Å². The molecule has 0 bridgehead atoms. The Hall–Kier alpha value is -2.20. The first-order chi connectivity index (χ1) is 9.29. The van der Waals surface area contributed by atoms with Crippen molar-refractivity contribution in [1.29, 1.82) is 0 Å². The first-order valence-corrected chi connectivity index (χ1v) is 5.91. The van der Waals surface area contributed by atoms with Crippen LogP contribution in [0.15, 0.2) is 48.5 Å². The van der Waals surface area contributed by atoms with Crippen molar-refractivity contribution in [3.63, 3.8) is 0 Å². The lowest BCUT2D eigenvalue weighted by molar-refractivity contribution is 0.0490. The summed E-state index contributed by atoms with van der Waals surface area (Å²) in [5.74, 6) is 1.03. The molecule has 0 aliphatic carbocycles. The fraction of sp³-hybridized carbons (Fsp3) is 0.200. The van der Waals surface area contributed by atoms with Gasteiger partial charge in [0.1, 0.15) is 12.4 Å². The van der Waals surface area contributed by atoms with Gasteiger partial charge in [-0.15, -0.1) is 0 Å². The fourth-order valence-corrected chi connectivity index (χ4v) is 1.56. The molecule has 2 rings (SSSR count). The number of ether oxygens (including phenoxy) is 3. The molecule has 0 radical (unpaired) electrons. The summed E-state index contributed by atoms with van der Waals surface area (Å²) in [6.45, 7) is 0.547. The van der Waals surface area contributed by atoms with Crippen LogP contribution in [0.5, 0.6) is 17.2 Å². The Bertz CT molecular complexity index is 511. The maximum atomic E-state index is 9.61. The zero-order valence-electron chi connectivity index (χ0n) is 10.7. The van der Waals surface area contributed by atoms with Gasteiger partial charge in [0.15, 0.2) is 18.3 Å². The van der Waals surface area contributed by atoms with Crippen LogP contribution in [-0.4, -0.2) is 19.0 Å². The summed E-state index contributed by atoms with van der Waals surface area (Å²) in [5.41, 5.74) is 1.08. The lowest BCUT2D eigenvalue weighted by Gasteiger charge is -2.10. The Morgan fingerprint density at radius 2 is 1.79 bits per heavy atom. The van der Waals surface area contributed by atoms with E-state index >= 15 is 0 Å². The van der Waals surface area contributed by atoms with Crippen LogP contribution in [0.4, 0.5) is 0 Å². The average Bonchev–Trinajstić information content (AvgIpc) is 2.46. The van der Waals surface area contributed by atoms with Crippen LogP contribution < -0.4 is 9.47 Å². The normalized spacial score (nSPS) is 10.2. The zero-order chi connectivity index (χ0) is 13.5. The van der Waals surface area contributed by atoms with Crippen LogP contribution in [0.3, 0.4) is 0 Å². The summed E-state index contributed by atoms with van der Waals surface area (Å²) in [6.07, 6.45) is 0. The molecule has 2 aromatic carbocycles. The summed E-state index contributed by atoms with van der Waals surface area (Å²) in [5, 5.41) is 9.61. The highest BCUT2D eigenvalue weighted by atomic mass is 16.7. The van der Waals surface area contributed by atoms with Crippen LogP contribution in [0.25, 0.3) is 0 Å². The van der Waals surface area contributed by atoms with Gasteiger partial charge in [0.25, 0.3) is 0 Å². The second-order valence-corrected chi connectivity index (χ2v) is 3.95. The van der Waals surface area contributed by atoms with E-state index in [1.807, 2.05) is 30.3 Å². The quantitative estimate of drug-likeness (QED) is 0.811. The van der Waals surface area contributed by atoms with E-state index in [4.69, 9.17) is 14.2 Å². The molecule has 4 heteroatoms. The van der Waals surface area contributed by atoms with Crippen LogP contribution in [0.1, 0.15) is 5.56 Å². The van der Waals surface area contributed by atoms with Gasteiger partial charge in [0.05, 0.1) is 0 Å². The number of hydrogen-bond donors (Lipinski definition) is 1. The topological polar surface area (TPSA) is 47.9 Å². The second-order valence-electron chi connectivity index (χ2n) is 3.95. The molecule has 0 spiro atoms. The predicted molar refractivity (Wildman–Crippen MR) is 71.4 cm³/mol. The molecule has 100 valence electrons. The molecule has 1 N–H and O–H groups in total. The number of hydrogen-bond acceptors (Lipinski definition) is 4. The predicted octanol–water partition coefficient (Wildman–Crippen LogP) is 2.95. The maximum absolute atomic E-state index is 9.61. The summed E-state index contributed by atoms with van der Waals surface area (Å²) >= 11 is 0. The molecule has 0 unspecified atom stereocenters. The van der Waals surface area contributed by atoms with Crippen LogP contribution in [0, 0.1) is 0 Å². The average molecular weight is 260 g/mol. The van der Waals surface area contributed by atoms with Crippen molar-refractivity contribution >= 4 is 0 Å². The van der Waals surface area contributed by atoms with Crippen LogP contribution in [0.2, 0.25) is 0 Å².